The number of halogens is 2. The molecule has 0 radical (unpaired) electrons. The summed E-state index contributed by atoms with van der Waals surface area (Å²) >= 11 is 12.5. The number of rotatable bonds is 10. The van der Waals surface area contributed by atoms with Crippen LogP contribution in [0.15, 0.2) is 60.7 Å². The van der Waals surface area contributed by atoms with E-state index in [0.29, 0.717) is 41.2 Å². The second-order valence-electron chi connectivity index (χ2n) is 6.62. The lowest BCUT2D eigenvalue weighted by atomic mass is 10.1. The highest BCUT2D eigenvalue weighted by atomic mass is 35.5. The first kappa shape index (κ1) is 22.3. The summed E-state index contributed by atoms with van der Waals surface area (Å²) in [7, 11) is 1.68. The number of benzene rings is 3. The number of nitrogens with one attached hydrogen (secondary N) is 1. The van der Waals surface area contributed by atoms with E-state index in [2.05, 4.69) is 5.32 Å². The molecule has 6 heteroatoms. The Kier molecular flexibility index (Phi) is 8.26. The van der Waals surface area contributed by atoms with E-state index in [1.165, 1.54) is 0 Å². The fourth-order valence-corrected chi connectivity index (χ4v) is 3.57. The molecule has 0 saturated heterocycles. The largest absolute Gasteiger partial charge is 0.496 e. The zero-order valence-corrected chi connectivity index (χ0v) is 18.6. The third kappa shape index (κ3) is 5.82. The number of ether oxygens (including phenoxy) is 3. The first-order valence-electron chi connectivity index (χ1n) is 9.76. The van der Waals surface area contributed by atoms with Gasteiger partial charge < -0.3 is 19.5 Å². The third-order valence-electron chi connectivity index (χ3n) is 4.58. The van der Waals surface area contributed by atoms with E-state index < -0.39 is 0 Å². The van der Waals surface area contributed by atoms with Crippen molar-refractivity contribution in [3.8, 4) is 17.2 Å². The summed E-state index contributed by atoms with van der Waals surface area (Å²) in [5.41, 5.74) is 2.96. The molecule has 0 amide bonds. The van der Waals surface area contributed by atoms with Crippen LogP contribution in [0.1, 0.15) is 23.6 Å². The predicted octanol–water partition coefficient (Wildman–Crippen LogP) is 6.27. The smallest absolute Gasteiger partial charge is 0.161 e. The second-order valence-corrected chi connectivity index (χ2v) is 7.43. The van der Waals surface area contributed by atoms with E-state index in [0.717, 1.165) is 22.4 Å². The van der Waals surface area contributed by atoms with Gasteiger partial charge in [-0.05, 0) is 42.8 Å². The molecule has 0 unspecified atom stereocenters. The molecule has 3 aromatic rings. The van der Waals surface area contributed by atoms with E-state index in [1.54, 1.807) is 19.2 Å². The van der Waals surface area contributed by atoms with Crippen LogP contribution in [0.25, 0.3) is 0 Å². The lowest BCUT2D eigenvalue weighted by Crippen LogP contribution is -2.13. The van der Waals surface area contributed by atoms with Crippen molar-refractivity contribution in [2.75, 3.05) is 13.7 Å². The van der Waals surface area contributed by atoms with Crippen LogP contribution in [0, 0.1) is 0 Å². The SMILES string of the molecule is CCOc1cc(CNCc2ccccc2OC)ccc1OCc1c(Cl)cccc1Cl. The molecule has 0 heterocycles. The third-order valence-corrected chi connectivity index (χ3v) is 5.29. The molecule has 158 valence electrons. The van der Waals surface area contributed by atoms with Crippen molar-refractivity contribution in [3.05, 3.63) is 87.4 Å². The Balaban J connectivity index is 1.65. The lowest BCUT2D eigenvalue weighted by Gasteiger charge is -2.15. The van der Waals surface area contributed by atoms with E-state index in [9.17, 15) is 0 Å². The molecular weight excluding hydrogens is 421 g/mol. The minimum atomic E-state index is 0.268. The molecule has 0 aliphatic rings. The van der Waals surface area contributed by atoms with Crippen LogP contribution in [0.4, 0.5) is 0 Å². The van der Waals surface area contributed by atoms with Gasteiger partial charge in [-0.15, -0.1) is 0 Å². The van der Waals surface area contributed by atoms with Crippen LogP contribution in [-0.4, -0.2) is 13.7 Å². The van der Waals surface area contributed by atoms with Gasteiger partial charge in [0.15, 0.2) is 11.5 Å². The zero-order valence-electron chi connectivity index (χ0n) is 17.1. The minimum Gasteiger partial charge on any atom is -0.496 e. The van der Waals surface area contributed by atoms with Gasteiger partial charge in [0.2, 0.25) is 0 Å². The zero-order chi connectivity index (χ0) is 21.3. The molecule has 0 aliphatic carbocycles. The molecule has 0 saturated carbocycles. The van der Waals surface area contributed by atoms with Crippen molar-refractivity contribution in [2.45, 2.75) is 26.6 Å². The minimum absolute atomic E-state index is 0.268. The highest BCUT2D eigenvalue weighted by Gasteiger charge is 2.11. The maximum atomic E-state index is 6.24. The molecular formula is C24H25Cl2NO3. The van der Waals surface area contributed by atoms with Gasteiger partial charge in [-0.25, -0.2) is 0 Å². The predicted molar refractivity (Wildman–Crippen MR) is 122 cm³/mol. The summed E-state index contributed by atoms with van der Waals surface area (Å²) < 4.78 is 17.2. The molecule has 3 rings (SSSR count). The Morgan fingerprint density at radius 2 is 1.57 bits per heavy atom. The average Bonchev–Trinajstić information content (AvgIpc) is 2.75. The van der Waals surface area contributed by atoms with Crippen LogP contribution in [0.5, 0.6) is 17.2 Å². The fourth-order valence-electron chi connectivity index (χ4n) is 3.06. The first-order chi connectivity index (χ1) is 14.6. The molecule has 1 N–H and O–H groups in total. The van der Waals surface area contributed by atoms with E-state index >= 15 is 0 Å². The molecule has 3 aromatic carbocycles. The summed E-state index contributed by atoms with van der Waals surface area (Å²) in [5.74, 6) is 2.22. The van der Waals surface area contributed by atoms with E-state index in [-0.39, 0.29) is 6.61 Å². The van der Waals surface area contributed by atoms with Gasteiger partial charge in [0.25, 0.3) is 0 Å². The van der Waals surface area contributed by atoms with E-state index in [4.69, 9.17) is 37.4 Å². The van der Waals surface area contributed by atoms with Gasteiger partial charge in [-0.3, -0.25) is 0 Å². The Bertz CT molecular complexity index is 958. The lowest BCUT2D eigenvalue weighted by molar-refractivity contribution is 0.269. The molecule has 4 nitrogen and oxygen atoms in total. The van der Waals surface area contributed by atoms with Gasteiger partial charge in [-0.2, -0.15) is 0 Å². The van der Waals surface area contributed by atoms with Crippen LogP contribution in [-0.2, 0) is 19.7 Å². The summed E-state index contributed by atoms with van der Waals surface area (Å²) in [6.07, 6.45) is 0. The van der Waals surface area contributed by atoms with E-state index in [1.807, 2.05) is 55.5 Å². The number of methoxy groups -OCH3 is 1. The summed E-state index contributed by atoms with van der Waals surface area (Å²) in [6, 6.07) is 19.3. The Labute approximate surface area is 187 Å². The van der Waals surface area contributed by atoms with Crippen molar-refractivity contribution in [3.63, 3.8) is 0 Å². The number of para-hydroxylation sites is 1. The van der Waals surface area contributed by atoms with Crippen LogP contribution >= 0.6 is 23.2 Å². The molecule has 0 fully saturated rings. The van der Waals surface area contributed by atoms with Crippen molar-refractivity contribution >= 4 is 23.2 Å². The van der Waals surface area contributed by atoms with Crippen molar-refractivity contribution in [1.29, 1.82) is 0 Å². The van der Waals surface area contributed by atoms with Gasteiger partial charge in [0.05, 0.1) is 13.7 Å². The number of hydrogen-bond donors (Lipinski definition) is 1. The highest BCUT2D eigenvalue weighted by molar-refractivity contribution is 6.35. The first-order valence-corrected chi connectivity index (χ1v) is 10.5. The normalized spacial score (nSPS) is 10.7. The van der Waals surface area contributed by atoms with Gasteiger partial charge >= 0.3 is 0 Å². The Morgan fingerprint density at radius 3 is 2.30 bits per heavy atom. The van der Waals surface area contributed by atoms with Crippen LogP contribution in [0.2, 0.25) is 10.0 Å². The van der Waals surface area contributed by atoms with Crippen LogP contribution in [0.3, 0.4) is 0 Å². The molecule has 0 atom stereocenters. The fraction of sp³-hybridized carbons (Fsp3) is 0.250. The average molecular weight is 446 g/mol. The Morgan fingerprint density at radius 1 is 0.800 bits per heavy atom. The molecule has 0 aliphatic heterocycles. The summed E-state index contributed by atoms with van der Waals surface area (Å²) in [6.45, 7) is 4.15. The maximum Gasteiger partial charge on any atom is 0.161 e. The van der Waals surface area contributed by atoms with Gasteiger partial charge in [0.1, 0.15) is 12.4 Å². The van der Waals surface area contributed by atoms with Crippen molar-refractivity contribution in [2.24, 2.45) is 0 Å². The maximum absolute atomic E-state index is 6.24. The second kappa shape index (κ2) is 11.1. The quantitative estimate of drug-likeness (QED) is 0.399. The molecule has 0 spiro atoms. The molecule has 0 aromatic heterocycles. The van der Waals surface area contributed by atoms with Crippen molar-refractivity contribution < 1.29 is 14.2 Å². The van der Waals surface area contributed by atoms with Gasteiger partial charge in [0, 0.05) is 34.3 Å². The van der Waals surface area contributed by atoms with Crippen LogP contribution < -0.4 is 19.5 Å². The highest BCUT2D eigenvalue weighted by Crippen LogP contribution is 2.31. The monoisotopic (exact) mass is 445 g/mol. The number of hydrogen-bond acceptors (Lipinski definition) is 4. The standard InChI is InChI=1S/C24H25Cl2NO3/c1-3-29-24-13-17(14-27-15-18-7-4-5-10-22(18)28-2)11-12-23(24)30-16-19-20(25)8-6-9-21(19)26/h4-13,27H,3,14-16H2,1-2H3. The summed E-state index contributed by atoms with van der Waals surface area (Å²) in [4.78, 5) is 0. The Hall–Kier alpha value is -2.40. The summed E-state index contributed by atoms with van der Waals surface area (Å²) in [5, 5.41) is 4.61. The van der Waals surface area contributed by atoms with Crippen molar-refractivity contribution in [1.82, 2.24) is 5.32 Å². The molecule has 0 bridgehead atoms. The van der Waals surface area contributed by atoms with Gasteiger partial charge in [-0.1, -0.05) is 53.5 Å². The topological polar surface area (TPSA) is 39.7 Å². The molecule has 30 heavy (non-hydrogen) atoms.